The molecule has 0 unspecified atom stereocenters. The van der Waals surface area contributed by atoms with E-state index in [9.17, 15) is 13.2 Å². The van der Waals surface area contributed by atoms with Crippen molar-refractivity contribution in [2.45, 2.75) is 50.8 Å². The molecule has 1 N–H and O–H groups in total. The zero-order valence-electron chi connectivity index (χ0n) is 19.1. The van der Waals surface area contributed by atoms with Gasteiger partial charge in [-0.05, 0) is 63.1 Å². The number of anilines is 1. The van der Waals surface area contributed by atoms with Crippen LogP contribution in [-0.2, 0) is 21.2 Å². The smallest absolute Gasteiger partial charge is 0.243 e. The van der Waals surface area contributed by atoms with Gasteiger partial charge in [-0.3, -0.25) is 4.79 Å². The third-order valence-corrected chi connectivity index (χ3v) is 8.03. The van der Waals surface area contributed by atoms with Gasteiger partial charge in [-0.15, -0.1) is 0 Å². The number of rotatable bonds is 6. The molecule has 0 aliphatic carbocycles. The largest absolute Gasteiger partial charge is 0.326 e. The Labute approximate surface area is 195 Å². The summed E-state index contributed by atoms with van der Waals surface area (Å²) in [5.41, 5.74) is 4.14. The number of carbonyl (C=O) groups is 1. The monoisotopic (exact) mass is 466 g/mol. The summed E-state index contributed by atoms with van der Waals surface area (Å²) in [7, 11) is -3.50. The van der Waals surface area contributed by atoms with Crippen molar-refractivity contribution in [2.75, 3.05) is 18.4 Å². The van der Waals surface area contributed by atoms with Crippen molar-refractivity contribution in [3.8, 4) is 5.69 Å². The molecule has 1 aliphatic heterocycles. The van der Waals surface area contributed by atoms with E-state index in [4.69, 9.17) is 0 Å². The molecule has 1 aromatic heterocycles. The molecule has 0 radical (unpaired) electrons. The topological polar surface area (TPSA) is 84.3 Å². The third kappa shape index (κ3) is 5.17. The second-order valence-corrected chi connectivity index (χ2v) is 10.4. The Morgan fingerprint density at radius 2 is 1.58 bits per heavy atom. The molecule has 33 heavy (non-hydrogen) atoms. The SMILES string of the molecule is Cc1nn(-c2ccccc2)c(C)c1CC(=O)Nc1ccc(S(=O)(=O)N2CCCCCC2)cc1. The Bertz CT molecular complexity index is 1210. The van der Waals surface area contributed by atoms with E-state index in [1.807, 2.05) is 48.9 Å². The van der Waals surface area contributed by atoms with Crippen molar-refractivity contribution in [3.63, 3.8) is 0 Å². The highest BCUT2D eigenvalue weighted by Gasteiger charge is 2.25. The van der Waals surface area contributed by atoms with Gasteiger partial charge in [0.1, 0.15) is 0 Å². The molecule has 1 fully saturated rings. The maximum Gasteiger partial charge on any atom is 0.243 e. The van der Waals surface area contributed by atoms with Crippen LogP contribution < -0.4 is 5.32 Å². The summed E-state index contributed by atoms with van der Waals surface area (Å²) in [6.45, 7) is 4.99. The first-order chi connectivity index (χ1) is 15.9. The predicted molar refractivity (Wildman–Crippen MR) is 129 cm³/mol. The van der Waals surface area contributed by atoms with Crippen molar-refractivity contribution < 1.29 is 13.2 Å². The van der Waals surface area contributed by atoms with E-state index < -0.39 is 10.0 Å². The summed E-state index contributed by atoms with van der Waals surface area (Å²) >= 11 is 0. The summed E-state index contributed by atoms with van der Waals surface area (Å²) in [6, 6.07) is 16.2. The van der Waals surface area contributed by atoms with Crippen LogP contribution >= 0.6 is 0 Å². The fourth-order valence-corrected chi connectivity index (χ4v) is 5.78. The van der Waals surface area contributed by atoms with Crippen LogP contribution in [0, 0.1) is 13.8 Å². The molecule has 0 saturated carbocycles. The second kappa shape index (κ2) is 9.89. The van der Waals surface area contributed by atoms with Gasteiger partial charge < -0.3 is 5.32 Å². The number of hydrogen-bond acceptors (Lipinski definition) is 4. The minimum absolute atomic E-state index is 0.170. The number of amides is 1. The fourth-order valence-electron chi connectivity index (χ4n) is 4.26. The molecule has 7 nitrogen and oxygen atoms in total. The van der Waals surface area contributed by atoms with Crippen LogP contribution in [0.3, 0.4) is 0 Å². The van der Waals surface area contributed by atoms with E-state index in [2.05, 4.69) is 10.4 Å². The zero-order valence-corrected chi connectivity index (χ0v) is 19.9. The Morgan fingerprint density at radius 3 is 2.21 bits per heavy atom. The first-order valence-corrected chi connectivity index (χ1v) is 12.8. The number of carbonyl (C=O) groups excluding carboxylic acids is 1. The van der Waals surface area contributed by atoms with Gasteiger partial charge in [0.15, 0.2) is 0 Å². The molecule has 1 aliphatic rings. The van der Waals surface area contributed by atoms with Crippen LogP contribution in [0.25, 0.3) is 5.69 Å². The third-order valence-electron chi connectivity index (χ3n) is 6.12. The quantitative estimate of drug-likeness (QED) is 0.589. The van der Waals surface area contributed by atoms with Crippen LogP contribution in [0.4, 0.5) is 5.69 Å². The first kappa shape index (κ1) is 23.2. The van der Waals surface area contributed by atoms with E-state index in [1.165, 1.54) is 0 Å². The fraction of sp³-hybridized carbons (Fsp3) is 0.360. The lowest BCUT2D eigenvalue weighted by Gasteiger charge is -2.20. The highest BCUT2D eigenvalue weighted by Crippen LogP contribution is 2.23. The Hall–Kier alpha value is -2.97. The van der Waals surface area contributed by atoms with Gasteiger partial charge in [-0.1, -0.05) is 31.0 Å². The van der Waals surface area contributed by atoms with Crippen molar-refractivity contribution in [3.05, 3.63) is 71.5 Å². The summed E-state index contributed by atoms with van der Waals surface area (Å²) in [6.07, 6.45) is 4.12. The van der Waals surface area contributed by atoms with E-state index in [0.717, 1.165) is 48.3 Å². The number of sulfonamides is 1. The first-order valence-electron chi connectivity index (χ1n) is 11.4. The van der Waals surface area contributed by atoms with Crippen LogP contribution in [0.1, 0.15) is 42.6 Å². The highest BCUT2D eigenvalue weighted by atomic mass is 32.2. The number of aryl methyl sites for hydroxylation is 1. The van der Waals surface area contributed by atoms with Crippen molar-refractivity contribution in [2.24, 2.45) is 0 Å². The lowest BCUT2D eigenvalue weighted by Crippen LogP contribution is -2.31. The van der Waals surface area contributed by atoms with Crippen LogP contribution in [0.5, 0.6) is 0 Å². The number of nitrogens with zero attached hydrogens (tertiary/aromatic N) is 3. The van der Waals surface area contributed by atoms with Crippen molar-refractivity contribution >= 4 is 21.6 Å². The Morgan fingerprint density at radius 1 is 0.939 bits per heavy atom. The molecule has 0 atom stereocenters. The van der Waals surface area contributed by atoms with Gasteiger partial charge in [0.25, 0.3) is 0 Å². The lowest BCUT2D eigenvalue weighted by atomic mass is 10.1. The van der Waals surface area contributed by atoms with Gasteiger partial charge in [0.2, 0.25) is 15.9 Å². The number of nitrogens with one attached hydrogen (secondary N) is 1. The Kier molecular flexibility index (Phi) is 6.95. The van der Waals surface area contributed by atoms with Crippen LogP contribution in [-0.4, -0.2) is 41.5 Å². The molecule has 3 aromatic rings. The minimum Gasteiger partial charge on any atom is -0.326 e. The molecule has 1 amide bonds. The van der Waals surface area contributed by atoms with Gasteiger partial charge in [-0.2, -0.15) is 9.40 Å². The average molecular weight is 467 g/mol. The molecule has 0 bridgehead atoms. The molecular weight excluding hydrogens is 436 g/mol. The van der Waals surface area contributed by atoms with Gasteiger partial charge in [0, 0.05) is 30.0 Å². The number of para-hydroxylation sites is 1. The Balaban J connectivity index is 1.44. The number of benzene rings is 2. The molecule has 4 rings (SSSR count). The van der Waals surface area contributed by atoms with E-state index in [-0.39, 0.29) is 17.2 Å². The predicted octanol–water partition coefficient (Wildman–Crippen LogP) is 4.24. The minimum atomic E-state index is -3.50. The molecule has 0 spiro atoms. The van der Waals surface area contributed by atoms with Crippen molar-refractivity contribution in [1.29, 1.82) is 0 Å². The van der Waals surface area contributed by atoms with Gasteiger partial charge in [0.05, 0.1) is 22.7 Å². The standard InChI is InChI=1S/C25H30N4O3S/c1-19-24(20(2)29(27-19)22-10-6-5-7-11-22)18-25(30)26-21-12-14-23(15-13-21)33(31,32)28-16-8-3-4-9-17-28/h5-7,10-15H,3-4,8-9,16-18H2,1-2H3,(H,26,30). The maximum absolute atomic E-state index is 12.9. The summed E-state index contributed by atoms with van der Waals surface area (Å²) in [5.74, 6) is -0.170. The number of hydrogen-bond donors (Lipinski definition) is 1. The molecular formula is C25H30N4O3S. The summed E-state index contributed by atoms with van der Waals surface area (Å²) in [5, 5.41) is 7.47. The number of aromatic nitrogens is 2. The maximum atomic E-state index is 12.9. The normalized spacial score (nSPS) is 15.2. The summed E-state index contributed by atoms with van der Waals surface area (Å²) in [4.78, 5) is 13.0. The van der Waals surface area contributed by atoms with Crippen LogP contribution in [0.2, 0.25) is 0 Å². The van der Waals surface area contributed by atoms with Crippen LogP contribution in [0.15, 0.2) is 59.5 Å². The van der Waals surface area contributed by atoms with E-state index in [1.54, 1.807) is 28.6 Å². The molecule has 8 heteroatoms. The average Bonchev–Trinajstić information content (AvgIpc) is 3.00. The van der Waals surface area contributed by atoms with Gasteiger partial charge >= 0.3 is 0 Å². The molecule has 2 heterocycles. The lowest BCUT2D eigenvalue weighted by molar-refractivity contribution is -0.115. The summed E-state index contributed by atoms with van der Waals surface area (Å²) < 4.78 is 29.3. The van der Waals surface area contributed by atoms with E-state index in [0.29, 0.717) is 18.8 Å². The second-order valence-electron chi connectivity index (χ2n) is 8.46. The van der Waals surface area contributed by atoms with E-state index >= 15 is 0 Å². The van der Waals surface area contributed by atoms with Crippen molar-refractivity contribution in [1.82, 2.24) is 14.1 Å². The molecule has 2 aromatic carbocycles. The van der Waals surface area contributed by atoms with Gasteiger partial charge in [-0.25, -0.2) is 13.1 Å². The zero-order chi connectivity index (χ0) is 23.4. The highest BCUT2D eigenvalue weighted by molar-refractivity contribution is 7.89. The molecule has 1 saturated heterocycles. The molecule has 174 valence electrons.